The molecular formula is C13H20N2O2. The van der Waals surface area contributed by atoms with Crippen molar-refractivity contribution in [1.29, 1.82) is 0 Å². The van der Waals surface area contributed by atoms with Crippen molar-refractivity contribution >= 4 is 5.69 Å². The average molecular weight is 236 g/mol. The number of hydrogen-bond acceptors (Lipinski definition) is 4. The van der Waals surface area contributed by atoms with Crippen LogP contribution in [0.15, 0.2) is 12.3 Å². The lowest BCUT2D eigenvalue weighted by Gasteiger charge is -2.17. The maximum atomic E-state index is 9.02. The van der Waals surface area contributed by atoms with Gasteiger partial charge in [-0.3, -0.25) is 4.98 Å². The number of hydrogen-bond donors (Lipinski definition) is 2. The molecule has 0 atom stereocenters. The van der Waals surface area contributed by atoms with Gasteiger partial charge in [0.1, 0.15) is 0 Å². The first kappa shape index (κ1) is 12.2. The number of rotatable bonds is 6. The van der Waals surface area contributed by atoms with Gasteiger partial charge in [0.15, 0.2) is 5.75 Å². The Bertz CT molecular complexity index is 389. The fourth-order valence-corrected chi connectivity index (χ4v) is 2.06. The third-order valence-electron chi connectivity index (χ3n) is 3.48. The van der Waals surface area contributed by atoms with E-state index in [1.807, 2.05) is 13.0 Å². The monoisotopic (exact) mass is 236 g/mol. The molecule has 0 spiro atoms. The molecule has 2 rings (SSSR count). The summed E-state index contributed by atoms with van der Waals surface area (Å²) < 4.78 is 5.27. The molecule has 0 saturated heterocycles. The highest BCUT2D eigenvalue weighted by Crippen LogP contribution is 2.48. The van der Waals surface area contributed by atoms with Crippen molar-refractivity contribution in [2.24, 2.45) is 5.41 Å². The van der Waals surface area contributed by atoms with E-state index < -0.39 is 0 Å². The molecular weight excluding hydrogens is 216 g/mol. The number of aryl methyl sites for hydroxylation is 1. The summed E-state index contributed by atoms with van der Waals surface area (Å²) in [7, 11) is 1.65. The lowest BCUT2D eigenvalue weighted by molar-refractivity contribution is 0.253. The Morgan fingerprint density at radius 1 is 1.53 bits per heavy atom. The number of nitrogens with zero attached hydrogens (tertiary/aromatic N) is 1. The van der Waals surface area contributed by atoms with Gasteiger partial charge in [0.25, 0.3) is 0 Å². The summed E-state index contributed by atoms with van der Waals surface area (Å²) in [5, 5.41) is 12.4. The maximum Gasteiger partial charge on any atom is 0.160 e. The quantitative estimate of drug-likeness (QED) is 0.793. The van der Waals surface area contributed by atoms with E-state index in [0.717, 1.165) is 30.1 Å². The van der Waals surface area contributed by atoms with E-state index >= 15 is 0 Å². The molecule has 94 valence electrons. The van der Waals surface area contributed by atoms with Crippen LogP contribution in [0.2, 0.25) is 0 Å². The average Bonchev–Trinajstić information content (AvgIpc) is 3.08. The van der Waals surface area contributed by atoms with Crippen LogP contribution in [0.1, 0.15) is 25.0 Å². The van der Waals surface area contributed by atoms with E-state index in [0.29, 0.717) is 5.41 Å². The normalized spacial score (nSPS) is 16.6. The van der Waals surface area contributed by atoms with Crippen molar-refractivity contribution < 1.29 is 9.84 Å². The second-order valence-corrected chi connectivity index (χ2v) is 4.85. The molecule has 0 aliphatic heterocycles. The zero-order chi connectivity index (χ0) is 12.3. The van der Waals surface area contributed by atoms with Gasteiger partial charge < -0.3 is 15.2 Å². The molecule has 1 aliphatic carbocycles. The summed E-state index contributed by atoms with van der Waals surface area (Å²) >= 11 is 0. The number of nitrogens with one attached hydrogen (secondary N) is 1. The molecule has 0 radical (unpaired) electrons. The highest BCUT2D eigenvalue weighted by Gasteiger charge is 2.41. The van der Waals surface area contributed by atoms with Crippen molar-refractivity contribution in [1.82, 2.24) is 4.98 Å². The summed E-state index contributed by atoms with van der Waals surface area (Å²) in [5.74, 6) is 0.774. The lowest BCUT2D eigenvalue weighted by Crippen LogP contribution is -2.17. The zero-order valence-electron chi connectivity index (χ0n) is 10.5. The largest absolute Gasteiger partial charge is 0.493 e. The molecule has 4 nitrogen and oxygen atoms in total. The summed E-state index contributed by atoms with van der Waals surface area (Å²) in [6, 6.07) is 1.99. The van der Waals surface area contributed by atoms with Gasteiger partial charge in [-0.25, -0.2) is 0 Å². The fraction of sp³-hybridized carbons (Fsp3) is 0.615. The van der Waals surface area contributed by atoms with Crippen LogP contribution in [0.4, 0.5) is 5.69 Å². The second-order valence-electron chi connectivity index (χ2n) is 4.85. The second kappa shape index (κ2) is 4.92. The first-order valence-corrected chi connectivity index (χ1v) is 6.04. The Hall–Kier alpha value is -1.29. The third kappa shape index (κ3) is 2.88. The highest BCUT2D eigenvalue weighted by atomic mass is 16.5. The molecule has 1 heterocycles. The number of aromatic nitrogens is 1. The Labute approximate surface area is 102 Å². The fourth-order valence-electron chi connectivity index (χ4n) is 2.06. The third-order valence-corrected chi connectivity index (χ3v) is 3.48. The number of pyridine rings is 1. The molecule has 17 heavy (non-hydrogen) atoms. The summed E-state index contributed by atoms with van der Waals surface area (Å²) in [5.41, 5.74) is 2.27. The van der Waals surface area contributed by atoms with Gasteiger partial charge in [-0.15, -0.1) is 0 Å². The SMILES string of the molecule is COc1cnc(C)cc1NCC1(CCO)CC1. The number of methoxy groups -OCH3 is 1. The molecule has 0 aromatic carbocycles. The Morgan fingerprint density at radius 3 is 2.88 bits per heavy atom. The standard InChI is InChI=1S/C13H20N2O2/c1-10-7-11(12(17-2)8-14-10)15-9-13(3-4-13)5-6-16/h7-8,16H,3-6,9H2,1-2H3,(H,14,15). The minimum absolute atomic E-state index is 0.272. The topological polar surface area (TPSA) is 54.4 Å². The number of anilines is 1. The first-order valence-electron chi connectivity index (χ1n) is 6.04. The van der Waals surface area contributed by atoms with Crippen LogP contribution in [-0.2, 0) is 0 Å². The molecule has 0 unspecified atom stereocenters. The van der Waals surface area contributed by atoms with Gasteiger partial charge in [-0.2, -0.15) is 0 Å². The number of aliphatic hydroxyl groups excluding tert-OH is 1. The van der Waals surface area contributed by atoms with Gasteiger partial charge in [-0.05, 0) is 37.7 Å². The molecule has 1 aromatic rings. The van der Waals surface area contributed by atoms with Gasteiger partial charge in [0, 0.05) is 18.8 Å². The minimum atomic E-state index is 0.272. The van der Waals surface area contributed by atoms with Gasteiger partial charge in [0.05, 0.1) is 19.0 Å². The van der Waals surface area contributed by atoms with Gasteiger partial charge in [-0.1, -0.05) is 0 Å². The van der Waals surface area contributed by atoms with Crippen molar-refractivity contribution in [2.75, 3.05) is 25.6 Å². The minimum Gasteiger partial charge on any atom is -0.493 e. The van der Waals surface area contributed by atoms with Crippen LogP contribution in [0.3, 0.4) is 0 Å². The summed E-state index contributed by atoms with van der Waals surface area (Å²) in [6.07, 6.45) is 5.02. The van der Waals surface area contributed by atoms with Crippen LogP contribution in [0.5, 0.6) is 5.75 Å². The lowest BCUT2D eigenvalue weighted by atomic mass is 10.0. The van der Waals surface area contributed by atoms with Crippen LogP contribution in [0.25, 0.3) is 0 Å². The Balaban J connectivity index is 2.01. The molecule has 1 aliphatic rings. The smallest absolute Gasteiger partial charge is 0.160 e. The predicted molar refractivity (Wildman–Crippen MR) is 67.4 cm³/mol. The molecule has 0 bridgehead atoms. The van der Waals surface area contributed by atoms with Gasteiger partial charge in [0.2, 0.25) is 0 Å². The van der Waals surface area contributed by atoms with Crippen LogP contribution in [0, 0.1) is 12.3 Å². The van der Waals surface area contributed by atoms with Gasteiger partial charge >= 0.3 is 0 Å². The van der Waals surface area contributed by atoms with E-state index in [-0.39, 0.29) is 6.61 Å². The van der Waals surface area contributed by atoms with E-state index in [9.17, 15) is 0 Å². The first-order chi connectivity index (χ1) is 8.19. The Kier molecular flexibility index (Phi) is 3.52. The van der Waals surface area contributed by atoms with Crippen molar-refractivity contribution in [3.05, 3.63) is 18.0 Å². The van der Waals surface area contributed by atoms with Crippen LogP contribution in [-0.4, -0.2) is 30.4 Å². The Morgan fingerprint density at radius 2 is 2.29 bits per heavy atom. The molecule has 0 amide bonds. The molecule has 2 N–H and O–H groups in total. The summed E-state index contributed by atoms with van der Waals surface area (Å²) in [6.45, 7) is 3.13. The van der Waals surface area contributed by atoms with Crippen molar-refractivity contribution in [3.8, 4) is 5.75 Å². The molecule has 1 aromatic heterocycles. The van der Waals surface area contributed by atoms with E-state index in [4.69, 9.17) is 9.84 Å². The predicted octanol–water partition coefficient (Wildman–Crippen LogP) is 1.97. The number of ether oxygens (including phenoxy) is 1. The van der Waals surface area contributed by atoms with Crippen LogP contribution < -0.4 is 10.1 Å². The van der Waals surface area contributed by atoms with Crippen molar-refractivity contribution in [3.63, 3.8) is 0 Å². The number of aliphatic hydroxyl groups is 1. The maximum absolute atomic E-state index is 9.02. The summed E-state index contributed by atoms with van der Waals surface area (Å²) in [4.78, 5) is 4.20. The van der Waals surface area contributed by atoms with E-state index in [1.54, 1.807) is 13.3 Å². The molecule has 1 saturated carbocycles. The van der Waals surface area contributed by atoms with E-state index in [1.165, 1.54) is 12.8 Å². The zero-order valence-corrected chi connectivity index (χ0v) is 10.5. The molecule has 4 heteroatoms. The highest BCUT2D eigenvalue weighted by molar-refractivity contribution is 5.56. The molecule has 1 fully saturated rings. The van der Waals surface area contributed by atoms with E-state index in [2.05, 4.69) is 10.3 Å². The van der Waals surface area contributed by atoms with Crippen LogP contribution >= 0.6 is 0 Å². The van der Waals surface area contributed by atoms with Crippen molar-refractivity contribution in [2.45, 2.75) is 26.2 Å².